The van der Waals surface area contributed by atoms with E-state index in [1.807, 2.05) is 0 Å². The predicted octanol–water partition coefficient (Wildman–Crippen LogP) is 3.58. The van der Waals surface area contributed by atoms with Gasteiger partial charge in [0, 0.05) is 19.1 Å². The molecular weight excluding hydrogens is 244 g/mol. The van der Waals surface area contributed by atoms with E-state index in [0.29, 0.717) is 12.0 Å². The van der Waals surface area contributed by atoms with Crippen molar-refractivity contribution >= 4 is 0 Å². The molecule has 0 aliphatic heterocycles. The van der Waals surface area contributed by atoms with E-state index in [4.69, 9.17) is 5.73 Å². The fraction of sp³-hybridized carbons (Fsp3) is 0.667. The van der Waals surface area contributed by atoms with Crippen LogP contribution in [0.2, 0.25) is 0 Å². The molecule has 1 aliphatic rings. The van der Waals surface area contributed by atoms with Gasteiger partial charge in [-0.3, -0.25) is 0 Å². The minimum Gasteiger partial charge on any atom is -0.327 e. The standard InChI is InChI=1S/C18H30N2/c1-4-15-9-10-18(19)17(11-15)13-20(3)12-16-7-5-14(2)6-8-16/h5-8,15,17-18H,4,9-13,19H2,1-3H3. The number of hydrogen-bond acceptors (Lipinski definition) is 2. The van der Waals surface area contributed by atoms with Gasteiger partial charge in [-0.1, -0.05) is 43.2 Å². The van der Waals surface area contributed by atoms with Crippen LogP contribution in [0.15, 0.2) is 24.3 Å². The first kappa shape index (κ1) is 15.5. The Labute approximate surface area is 124 Å². The third kappa shape index (κ3) is 4.32. The van der Waals surface area contributed by atoms with Gasteiger partial charge in [-0.15, -0.1) is 0 Å². The quantitative estimate of drug-likeness (QED) is 0.889. The van der Waals surface area contributed by atoms with E-state index in [1.54, 1.807) is 0 Å². The average Bonchev–Trinajstić information content (AvgIpc) is 2.44. The minimum atomic E-state index is 0.401. The fourth-order valence-corrected chi connectivity index (χ4v) is 3.44. The highest BCUT2D eigenvalue weighted by atomic mass is 15.1. The van der Waals surface area contributed by atoms with Crippen molar-refractivity contribution < 1.29 is 0 Å². The maximum atomic E-state index is 6.33. The predicted molar refractivity (Wildman–Crippen MR) is 86.6 cm³/mol. The van der Waals surface area contributed by atoms with Crippen LogP contribution in [0.5, 0.6) is 0 Å². The van der Waals surface area contributed by atoms with Crippen LogP contribution in [-0.2, 0) is 6.54 Å². The van der Waals surface area contributed by atoms with Crippen LogP contribution in [-0.4, -0.2) is 24.5 Å². The van der Waals surface area contributed by atoms with Crippen molar-refractivity contribution in [2.45, 2.75) is 52.1 Å². The maximum absolute atomic E-state index is 6.33. The molecule has 1 fully saturated rings. The van der Waals surface area contributed by atoms with Crippen LogP contribution in [0.25, 0.3) is 0 Å². The van der Waals surface area contributed by atoms with Crippen molar-refractivity contribution in [1.82, 2.24) is 4.90 Å². The normalized spacial score (nSPS) is 26.9. The monoisotopic (exact) mass is 274 g/mol. The van der Waals surface area contributed by atoms with Crippen LogP contribution < -0.4 is 5.73 Å². The summed E-state index contributed by atoms with van der Waals surface area (Å²) in [6.45, 7) is 6.61. The molecule has 0 saturated heterocycles. The highest BCUT2D eigenvalue weighted by molar-refractivity contribution is 5.21. The van der Waals surface area contributed by atoms with Crippen LogP contribution in [0.1, 0.15) is 43.7 Å². The molecule has 0 aromatic heterocycles. The maximum Gasteiger partial charge on any atom is 0.0230 e. The van der Waals surface area contributed by atoms with Crippen molar-refractivity contribution in [3.63, 3.8) is 0 Å². The Bertz CT molecular complexity index is 398. The van der Waals surface area contributed by atoms with Gasteiger partial charge in [0.25, 0.3) is 0 Å². The molecule has 3 unspecified atom stereocenters. The summed E-state index contributed by atoms with van der Waals surface area (Å²) >= 11 is 0. The Kier molecular flexibility index (Phi) is 5.62. The molecule has 1 saturated carbocycles. The van der Waals surface area contributed by atoms with Gasteiger partial charge in [0.15, 0.2) is 0 Å². The number of hydrogen-bond donors (Lipinski definition) is 1. The smallest absolute Gasteiger partial charge is 0.0230 e. The molecule has 20 heavy (non-hydrogen) atoms. The summed E-state index contributed by atoms with van der Waals surface area (Å²) < 4.78 is 0. The number of nitrogens with two attached hydrogens (primary N) is 1. The average molecular weight is 274 g/mol. The molecule has 2 nitrogen and oxygen atoms in total. The summed E-state index contributed by atoms with van der Waals surface area (Å²) in [5.74, 6) is 1.57. The third-order valence-electron chi connectivity index (χ3n) is 4.85. The first-order chi connectivity index (χ1) is 9.58. The molecule has 2 rings (SSSR count). The van der Waals surface area contributed by atoms with Gasteiger partial charge >= 0.3 is 0 Å². The van der Waals surface area contributed by atoms with Crippen molar-refractivity contribution in [3.05, 3.63) is 35.4 Å². The summed E-state index contributed by atoms with van der Waals surface area (Å²) in [6.07, 6.45) is 5.16. The first-order valence-corrected chi connectivity index (χ1v) is 8.08. The van der Waals surface area contributed by atoms with Crippen molar-refractivity contribution in [2.75, 3.05) is 13.6 Å². The van der Waals surface area contributed by atoms with E-state index >= 15 is 0 Å². The molecular formula is C18H30N2. The Morgan fingerprint density at radius 1 is 1.20 bits per heavy atom. The van der Waals surface area contributed by atoms with E-state index in [1.165, 1.54) is 36.8 Å². The van der Waals surface area contributed by atoms with Crippen molar-refractivity contribution in [3.8, 4) is 0 Å². The topological polar surface area (TPSA) is 29.3 Å². The summed E-state index contributed by atoms with van der Waals surface area (Å²) in [5.41, 5.74) is 9.06. The largest absolute Gasteiger partial charge is 0.327 e. The van der Waals surface area contributed by atoms with Crippen LogP contribution in [0.3, 0.4) is 0 Å². The molecule has 3 atom stereocenters. The summed E-state index contributed by atoms with van der Waals surface area (Å²) in [7, 11) is 2.22. The van der Waals surface area contributed by atoms with E-state index < -0.39 is 0 Å². The molecule has 2 N–H and O–H groups in total. The zero-order chi connectivity index (χ0) is 14.5. The number of aryl methyl sites for hydroxylation is 1. The van der Waals surface area contributed by atoms with Gasteiger partial charge in [-0.05, 0) is 50.6 Å². The molecule has 0 bridgehead atoms. The molecule has 1 aliphatic carbocycles. The van der Waals surface area contributed by atoms with Gasteiger partial charge in [0.1, 0.15) is 0 Å². The fourth-order valence-electron chi connectivity index (χ4n) is 3.44. The second-order valence-corrected chi connectivity index (χ2v) is 6.69. The minimum absolute atomic E-state index is 0.401. The van der Waals surface area contributed by atoms with Gasteiger partial charge in [-0.2, -0.15) is 0 Å². The molecule has 1 aromatic carbocycles. The zero-order valence-electron chi connectivity index (χ0n) is 13.3. The molecule has 2 heteroatoms. The van der Waals surface area contributed by atoms with E-state index in [-0.39, 0.29) is 0 Å². The summed E-state index contributed by atoms with van der Waals surface area (Å²) in [6, 6.07) is 9.27. The lowest BCUT2D eigenvalue weighted by atomic mass is 9.77. The zero-order valence-corrected chi connectivity index (χ0v) is 13.3. The van der Waals surface area contributed by atoms with Gasteiger partial charge < -0.3 is 10.6 Å². The molecule has 0 amide bonds. The van der Waals surface area contributed by atoms with Gasteiger partial charge in [0.05, 0.1) is 0 Å². The third-order valence-corrected chi connectivity index (χ3v) is 4.85. The van der Waals surface area contributed by atoms with E-state index in [0.717, 1.165) is 19.0 Å². The molecule has 0 heterocycles. The Morgan fingerprint density at radius 3 is 2.55 bits per heavy atom. The highest BCUT2D eigenvalue weighted by Crippen LogP contribution is 2.30. The van der Waals surface area contributed by atoms with Crippen LogP contribution >= 0.6 is 0 Å². The van der Waals surface area contributed by atoms with Gasteiger partial charge in [-0.25, -0.2) is 0 Å². The second-order valence-electron chi connectivity index (χ2n) is 6.69. The number of rotatable bonds is 5. The van der Waals surface area contributed by atoms with Crippen LogP contribution in [0, 0.1) is 18.8 Å². The highest BCUT2D eigenvalue weighted by Gasteiger charge is 2.27. The summed E-state index contributed by atoms with van der Waals surface area (Å²) in [4.78, 5) is 2.44. The molecule has 112 valence electrons. The lowest BCUT2D eigenvalue weighted by Crippen LogP contribution is -2.42. The molecule has 0 radical (unpaired) electrons. The lowest BCUT2D eigenvalue weighted by molar-refractivity contribution is 0.168. The number of nitrogens with zero attached hydrogens (tertiary/aromatic N) is 1. The van der Waals surface area contributed by atoms with Crippen molar-refractivity contribution in [1.29, 1.82) is 0 Å². The van der Waals surface area contributed by atoms with E-state index in [2.05, 4.69) is 50.1 Å². The number of benzene rings is 1. The van der Waals surface area contributed by atoms with Gasteiger partial charge in [0.2, 0.25) is 0 Å². The summed E-state index contributed by atoms with van der Waals surface area (Å²) in [5, 5.41) is 0. The first-order valence-electron chi connectivity index (χ1n) is 8.08. The molecule has 0 spiro atoms. The SMILES string of the molecule is CCC1CCC(N)C(CN(C)Cc2ccc(C)cc2)C1. The molecule has 1 aromatic rings. The van der Waals surface area contributed by atoms with Crippen LogP contribution in [0.4, 0.5) is 0 Å². The Morgan fingerprint density at radius 2 is 1.90 bits per heavy atom. The Balaban J connectivity index is 1.86. The second kappa shape index (κ2) is 7.24. The Hall–Kier alpha value is -0.860. The lowest BCUT2D eigenvalue weighted by Gasteiger charge is -2.36. The van der Waals surface area contributed by atoms with E-state index in [9.17, 15) is 0 Å². The van der Waals surface area contributed by atoms with Crippen molar-refractivity contribution in [2.24, 2.45) is 17.6 Å².